The second kappa shape index (κ2) is 8.67. The number of carbonyl (C=O) groups excluding carboxylic acids is 1. The molecule has 1 aliphatic rings. The molecule has 0 spiro atoms. The maximum Gasteiger partial charge on any atom is 0.254 e. The quantitative estimate of drug-likeness (QED) is 0.638. The number of amides is 1. The number of piperazine rings is 1. The maximum absolute atomic E-state index is 12.7. The van der Waals surface area contributed by atoms with Crippen molar-refractivity contribution in [2.24, 2.45) is 0 Å². The van der Waals surface area contributed by atoms with Gasteiger partial charge in [-0.1, -0.05) is 29.4 Å². The van der Waals surface area contributed by atoms with Crippen LogP contribution in [0.25, 0.3) is 10.7 Å². The van der Waals surface area contributed by atoms with E-state index in [1.54, 1.807) is 11.3 Å². The molecule has 146 valence electrons. The summed E-state index contributed by atoms with van der Waals surface area (Å²) in [5.74, 6) is 1.51. The van der Waals surface area contributed by atoms with Crippen molar-refractivity contribution in [2.45, 2.75) is 19.8 Å². The number of carbonyl (C=O) groups is 1. The minimum Gasteiger partial charge on any atom is -0.339 e. The van der Waals surface area contributed by atoms with E-state index in [0.717, 1.165) is 61.6 Å². The number of hydrogen-bond acceptors (Lipinski definition) is 6. The van der Waals surface area contributed by atoms with Crippen molar-refractivity contribution in [3.63, 3.8) is 0 Å². The van der Waals surface area contributed by atoms with E-state index in [2.05, 4.69) is 15.0 Å². The Balaban J connectivity index is 1.22. The van der Waals surface area contributed by atoms with Crippen molar-refractivity contribution in [3.8, 4) is 10.7 Å². The van der Waals surface area contributed by atoms with Gasteiger partial charge in [-0.25, -0.2) is 0 Å². The predicted molar refractivity (Wildman–Crippen MR) is 109 cm³/mol. The summed E-state index contributed by atoms with van der Waals surface area (Å²) in [5.41, 5.74) is 1.85. The van der Waals surface area contributed by atoms with Gasteiger partial charge in [-0.15, -0.1) is 11.3 Å². The first-order chi connectivity index (χ1) is 13.7. The predicted octanol–water partition coefficient (Wildman–Crippen LogP) is 3.50. The summed E-state index contributed by atoms with van der Waals surface area (Å²) < 4.78 is 5.36. The van der Waals surface area contributed by atoms with E-state index in [0.29, 0.717) is 11.7 Å². The van der Waals surface area contributed by atoms with Gasteiger partial charge in [0, 0.05) is 38.2 Å². The van der Waals surface area contributed by atoms with E-state index in [1.807, 2.05) is 53.6 Å². The fourth-order valence-electron chi connectivity index (χ4n) is 3.47. The Morgan fingerprint density at radius 2 is 1.96 bits per heavy atom. The van der Waals surface area contributed by atoms with Crippen LogP contribution < -0.4 is 0 Å². The summed E-state index contributed by atoms with van der Waals surface area (Å²) >= 11 is 1.61. The van der Waals surface area contributed by atoms with Crippen LogP contribution >= 0.6 is 11.3 Å². The fraction of sp³-hybridized carbons (Fsp3) is 0.381. The normalized spacial score (nSPS) is 15.1. The molecule has 0 radical (unpaired) electrons. The number of aromatic nitrogens is 2. The summed E-state index contributed by atoms with van der Waals surface area (Å²) in [5, 5.41) is 6.06. The lowest BCUT2D eigenvalue weighted by atomic mass is 10.1. The van der Waals surface area contributed by atoms with Crippen LogP contribution in [0.5, 0.6) is 0 Å². The highest BCUT2D eigenvalue weighted by Gasteiger charge is 2.22. The zero-order valence-electron chi connectivity index (χ0n) is 16.0. The molecule has 3 aromatic rings. The molecule has 28 heavy (non-hydrogen) atoms. The van der Waals surface area contributed by atoms with Gasteiger partial charge in [0.05, 0.1) is 4.88 Å². The van der Waals surface area contributed by atoms with E-state index in [1.165, 1.54) is 0 Å². The van der Waals surface area contributed by atoms with E-state index >= 15 is 0 Å². The van der Waals surface area contributed by atoms with E-state index < -0.39 is 0 Å². The Morgan fingerprint density at radius 1 is 1.14 bits per heavy atom. The number of nitrogens with zero attached hydrogens (tertiary/aromatic N) is 4. The highest BCUT2D eigenvalue weighted by Crippen LogP contribution is 2.21. The van der Waals surface area contributed by atoms with Crippen LogP contribution in [0, 0.1) is 6.92 Å². The third kappa shape index (κ3) is 4.31. The molecule has 1 fully saturated rings. The summed E-state index contributed by atoms with van der Waals surface area (Å²) in [6, 6.07) is 11.8. The molecular weight excluding hydrogens is 372 g/mol. The van der Waals surface area contributed by atoms with Gasteiger partial charge in [0.2, 0.25) is 11.7 Å². The molecule has 0 bridgehead atoms. The monoisotopic (exact) mass is 396 g/mol. The third-order valence-corrected chi connectivity index (χ3v) is 5.98. The SMILES string of the molecule is Cc1ccccc1C(=O)N1CCN(CCCc2nc(-c3cccs3)no2)CC1. The molecule has 6 nitrogen and oxygen atoms in total. The molecule has 0 saturated carbocycles. The zero-order valence-corrected chi connectivity index (χ0v) is 16.8. The molecular formula is C21H24N4O2S. The van der Waals surface area contributed by atoms with Gasteiger partial charge in [0.15, 0.2) is 0 Å². The van der Waals surface area contributed by atoms with Crippen LogP contribution in [-0.4, -0.2) is 58.6 Å². The van der Waals surface area contributed by atoms with Gasteiger partial charge in [0.1, 0.15) is 0 Å². The van der Waals surface area contributed by atoms with Crippen molar-refractivity contribution < 1.29 is 9.32 Å². The molecule has 0 atom stereocenters. The average Bonchev–Trinajstić information content (AvgIpc) is 3.40. The van der Waals surface area contributed by atoms with Gasteiger partial charge in [-0.3, -0.25) is 9.69 Å². The largest absolute Gasteiger partial charge is 0.339 e. The van der Waals surface area contributed by atoms with Gasteiger partial charge in [-0.2, -0.15) is 4.98 Å². The highest BCUT2D eigenvalue weighted by atomic mass is 32.1. The summed E-state index contributed by atoms with van der Waals surface area (Å²) in [4.78, 5) is 22.6. The first-order valence-electron chi connectivity index (χ1n) is 9.64. The molecule has 0 aliphatic carbocycles. The summed E-state index contributed by atoms with van der Waals surface area (Å²) in [7, 11) is 0. The Bertz CT molecular complexity index is 914. The Hall–Kier alpha value is -2.51. The minimum absolute atomic E-state index is 0.143. The first kappa shape index (κ1) is 18.8. The van der Waals surface area contributed by atoms with Crippen molar-refractivity contribution in [1.29, 1.82) is 0 Å². The van der Waals surface area contributed by atoms with E-state index in [9.17, 15) is 4.79 Å². The van der Waals surface area contributed by atoms with Crippen LogP contribution in [0.1, 0.15) is 28.2 Å². The first-order valence-corrected chi connectivity index (χ1v) is 10.5. The number of hydrogen-bond donors (Lipinski definition) is 0. The van der Waals surface area contributed by atoms with Crippen LogP contribution in [0.2, 0.25) is 0 Å². The summed E-state index contributed by atoms with van der Waals surface area (Å²) in [6.45, 7) is 6.32. The Kier molecular flexibility index (Phi) is 5.83. The van der Waals surface area contributed by atoms with Crippen molar-refractivity contribution in [3.05, 3.63) is 58.8 Å². The molecule has 2 aromatic heterocycles. The average molecular weight is 397 g/mol. The van der Waals surface area contributed by atoms with Gasteiger partial charge < -0.3 is 9.42 Å². The maximum atomic E-state index is 12.7. The van der Waals surface area contributed by atoms with Crippen molar-refractivity contribution >= 4 is 17.2 Å². The van der Waals surface area contributed by atoms with Crippen LogP contribution in [0.15, 0.2) is 46.3 Å². The fourth-order valence-corrected chi connectivity index (χ4v) is 4.12. The highest BCUT2D eigenvalue weighted by molar-refractivity contribution is 7.13. The molecule has 1 aromatic carbocycles. The molecule has 3 heterocycles. The van der Waals surface area contributed by atoms with Crippen LogP contribution in [-0.2, 0) is 6.42 Å². The topological polar surface area (TPSA) is 62.5 Å². The Labute approximate surface area is 168 Å². The Morgan fingerprint density at radius 3 is 2.71 bits per heavy atom. The molecule has 0 unspecified atom stereocenters. The second-order valence-electron chi connectivity index (χ2n) is 7.04. The van der Waals surface area contributed by atoms with E-state index in [4.69, 9.17) is 4.52 Å². The number of rotatable bonds is 6. The molecule has 7 heteroatoms. The van der Waals surface area contributed by atoms with Gasteiger partial charge in [0.25, 0.3) is 5.91 Å². The van der Waals surface area contributed by atoms with Crippen LogP contribution in [0.4, 0.5) is 0 Å². The smallest absolute Gasteiger partial charge is 0.254 e. The summed E-state index contributed by atoms with van der Waals surface area (Å²) in [6.07, 6.45) is 1.75. The molecule has 0 N–H and O–H groups in total. The molecule has 1 saturated heterocycles. The second-order valence-corrected chi connectivity index (χ2v) is 7.99. The van der Waals surface area contributed by atoms with E-state index in [-0.39, 0.29) is 5.91 Å². The number of benzene rings is 1. The lowest BCUT2D eigenvalue weighted by Crippen LogP contribution is -2.49. The lowest BCUT2D eigenvalue weighted by molar-refractivity contribution is 0.0635. The van der Waals surface area contributed by atoms with Gasteiger partial charge >= 0.3 is 0 Å². The standard InChI is InChI=1S/C21H24N4O2S/c1-16-6-2-3-7-17(16)21(26)25-13-11-24(12-14-25)10-4-9-19-22-20(23-27-19)18-8-5-15-28-18/h2-3,5-8,15H,4,9-14H2,1H3. The zero-order chi connectivity index (χ0) is 19.3. The van der Waals surface area contributed by atoms with Crippen molar-refractivity contribution in [2.75, 3.05) is 32.7 Å². The number of thiophene rings is 1. The van der Waals surface area contributed by atoms with Crippen molar-refractivity contribution in [1.82, 2.24) is 19.9 Å². The van der Waals surface area contributed by atoms with Gasteiger partial charge in [-0.05, 0) is 43.0 Å². The minimum atomic E-state index is 0.143. The third-order valence-electron chi connectivity index (χ3n) is 5.11. The number of aryl methyl sites for hydroxylation is 2. The molecule has 4 rings (SSSR count). The molecule has 1 amide bonds. The van der Waals surface area contributed by atoms with Crippen LogP contribution in [0.3, 0.4) is 0 Å². The lowest BCUT2D eigenvalue weighted by Gasteiger charge is -2.35. The molecule has 1 aliphatic heterocycles.